The molecule has 2 atom stereocenters. The van der Waals surface area contributed by atoms with Gasteiger partial charge in [0.05, 0.1) is 11.2 Å². The third-order valence-electron chi connectivity index (χ3n) is 4.29. The highest BCUT2D eigenvalue weighted by molar-refractivity contribution is 5.81. The standard InChI is InChI=1S/C17H27N3/c1-6-18-13(4)15(12(2)3)11-16-14-9-7-8-10-17(14)20(5)19-16/h7-10,12-13,15,18H,6,11H2,1-5H3. The highest BCUT2D eigenvalue weighted by Gasteiger charge is 2.23. The Kier molecular flexibility index (Phi) is 4.81. The molecule has 3 nitrogen and oxygen atoms in total. The van der Waals surface area contributed by atoms with E-state index in [1.165, 1.54) is 16.6 Å². The zero-order valence-electron chi connectivity index (χ0n) is 13.4. The molecule has 0 radical (unpaired) electrons. The number of hydrogen-bond acceptors (Lipinski definition) is 2. The number of aryl methyl sites for hydroxylation is 1. The first-order valence-electron chi connectivity index (χ1n) is 7.68. The van der Waals surface area contributed by atoms with Gasteiger partial charge in [-0.1, -0.05) is 39.0 Å². The van der Waals surface area contributed by atoms with Gasteiger partial charge in [-0.3, -0.25) is 4.68 Å². The van der Waals surface area contributed by atoms with E-state index in [-0.39, 0.29) is 0 Å². The maximum Gasteiger partial charge on any atom is 0.0706 e. The fraction of sp³-hybridized carbons (Fsp3) is 0.588. The number of hydrogen-bond donors (Lipinski definition) is 1. The lowest BCUT2D eigenvalue weighted by atomic mass is 9.85. The van der Waals surface area contributed by atoms with Crippen molar-refractivity contribution >= 4 is 10.9 Å². The van der Waals surface area contributed by atoms with Crippen molar-refractivity contribution in [2.45, 2.75) is 40.2 Å². The second-order valence-electron chi connectivity index (χ2n) is 6.05. The van der Waals surface area contributed by atoms with E-state index in [1.807, 2.05) is 11.7 Å². The van der Waals surface area contributed by atoms with E-state index in [9.17, 15) is 0 Å². The Morgan fingerprint density at radius 3 is 2.55 bits per heavy atom. The molecule has 1 N–H and O–H groups in total. The predicted octanol–water partition coefficient (Wildman–Crippen LogP) is 3.39. The summed E-state index contributed by atoms with van der Waals surface area (Å²) < 4.78 is 2.00. The smallest absolute Gasteiger partial charge is 0.0706 e. The van der Waals surface area contributed by atoms with Crippen molar-refractivity contribution in [1.82, 2.24) is 15.1 Å². The van der Waals surface area contributed by atoms with Crippen LogP contribution in [-0.2, 0) is 13.5 Å². The molecule has 0 fully saturated rings. The first-order chi connectivity index (χ1) is 9.54. The normalized spacial score (nSPS) is 14.9. The van der Waals surface area contributed by atoms with E-state index in [1.54, 1.807) is 0 Å². The highest BCUT2D eigenvalue weighted by atomic mass is 15.3. The van der Waals surface area contributed by atoms with Crippen LogP contribution in [0.1, 0.15) is 33.4 Å². The summed E-state index contributed by atoms with van der Waals surface area (Å²) in [6.45, 7) is 10.1. The number of nitrogens with zero attached hydrogens (tertiary/aromatic N) is 2. The Morgan fingerprint density at radius 1 is 1.20 bits per heavy atom. The number of rotatable bonds is 6. The predicted molar refractivity (Wildman–Crippen MR) is 85.9 cm³/mol. The molecule has 0 saturated carbocycles. The molecule has 0 bridgehead atoms. The Bertz CT molecular complexity index is 556. The van der Waals surface area contributed by atoms with E-state index in [4.69, 9.17) is 5.10 Å². The van der Waals surface area contributed by atoms with E-state index in [0.717, 1.165) is 13.0 Å². The molecule has 0 spiro atoms. The maximum absolute atomic E-state index is 4.74. The van der Waals surface area contributed by atoms with Gasteiger partial charge in [-0.2, -0.15) is 5.10 Å². The van der Waals surface area contributed by atoms with Gasteiger partial charge in [0.25, 0.3) is 0 Å². The topological polar surface area (TPSA) is 29.9 Å². The zero-order chi connectivity index (χ0) is 14.7. The lowest BCUT2D eigenvalue weighted by Gasteiger charge is -2.27. The Hall–Kier alpha value is -1.35. The summed E-state index contributed by atoms with van der Waals surface area (Å²) in [4.78, 5) is 0. The molecule has 0 aliphatic carbocycles. The molecule has 1 aromatic carbocycles. The van der Waals surface area contributed by atoms with E-state index < -0.39 is 0 Å². The van der Waals surface area contributed by atoms with Crippen LogP contribution in [0.5, 0.6) is 0 Å². The van der Waals surface area contributed by atoms with Crippen molar-refractivity contribution in [3.8, 4) is 0 Å². The largest absolute Gasteiger partial charge is 0.314 e. The molecule has 3 heteroatoms. The van der Waals surface area contributed by atoms with Crippen molar-refractivity contribution in [3.05, 3.63) is 30.0 Å². The number of nitrogens with one attached hydrogen (secondary N) is 1. The summed E-state index contributed by atoms with van der Waals surface area (Å²) in [7, 11) is 2.03. The molecule has 0 aliphatic heterocycles. The van der Waals surface area contributed by atoms with Crippen molar-refractivity contribution in [2.75, 3.05) is 6.54 Å². The van der Waals surface area contributed by atoms with Crippen LogP contribution in [0.15, 0.2) is 24.3 Å². The summed E-state index contributed by atoms with van der Waals surface area (Å²) in [6, 6.07) is 9.03. The molecule has 2 unspecified atom stereocenters. The molecular weight excluding hydrogens is 246 g/mol. The molecule has 110 valence electrons. The van der Waals surface area contributed by atoms with Crippen LogP contribution >= 0.6 is 0 Å². The minimum absolute atomic E-state index is 0.515. The van der Waals surface area contributed by atoms with Gasteiger partial charge in [0.1, 0.15) is 0 Å². The lowest BCUT2D eigenvalue weighted by molar-refractivity contribution is 0.290. The molecule has 0 amide bonds. The second-order valence-corrected chi connectivity index (χ2v) is 6.05. The summed E-state index contributed by atoms with van der Waals surface area (Å²) in [5.41, 5.74) is 2.45. The van der Waals surface area contributed by atoms with Crippen LogP contribution in [0.2, 0.25) is 0 Å². The SMILES string of the molecule is CCNC(C)C(Cc1nn(C)c2ccccc12)C(C)C. The summed E-state index contributed by atoms with van der Waals surface area (Å²) in [5, 5.41) is 9.61. The minimum atomic E-state index is 0.515. The molecule has 0 aliphatic rings. The minimum Gasteiger partial charge on any atom is -0.314 e. The number of fused-ring (bicyclic) bond motifs is 1. The van der Waals surface area contributed by atoms with Crippen LogP contribution in [0.4, 0.5) is 0 Å². The molecule has 0 saturated heterocycles. The van der Waals surface area contributed by atoms with Crippen molar-refractivity contribution in [1.29, 1.82) is 0 Å². The summed E-state index contributed by atoms with van der Waals surface area (Å²) in [5.74, 6) is 1.25. The number of aromatic nitrogens is 2. The Balaban J connectivity index is 2.29. The van der Waals surface area contributed by atoms with Gasteiger partial charge in [0, 0.05) is 18.5 Å². The van der Waals surface area contributed by atoms with Crippen molar-refractivity contribution in [3.63, 3.8) is 0 Å². The average Bonchev–Trinajstić information content (AvgIpc) is 2.73. The number of benzene rings is 1. The van der Waals surface area contributed by atoms with E-state index in [0.29, 0.717) is 17.9 Å². The number of para-hydroxylation sites is 1. The molecule has 1 aromatic heterocycles. The molecule has 1 heterocycles. The fourth-order valence-electron chi connectivity index (χ4n) is 3.13. The Labute approximate surface area is 122 Å². The maximum atomic E-state index is 4.74. The van der Waals surface area contributed by atoms with E-state index in [2.05, 4.69) is 57.3 Å². The second kappa shape index (κ2) is 6.40. The van der Waals surface area contributed by atoms with Gasteiger partial charge < -0.3 is 5.32 Å². The van der Waals surface area contributed by atoms with Crippen molar-refractivity contribution < 1.29 is 0 Å². The van der Waals surface area contributed by atoms with Gasteiger partial charge in [-0.05, 0) is 37.8 Å². The van der Waals surface area contributed by atoms with Gasteiger partial charge in [0.2, 0.25) is 0 Å². The summed E-state index contributed by atoms with van der Waals surface area (Å²) >= 11 is 0. The average molecular weight is 273 g/mol. The van der Waals surface area contributed by atoms with Gasteiger partial charge in [-0.25, -0.2) is 0 Å². The van der Waals surface area contributed by atoms with Crippen molar-refractivity contribution in [2.24, 2.45) is 18.9 Å². The highest BCUT2D eigenvalue weighted by Crippen LogP contribution is 2.25. The third-order valence-corrected chi connectivity index (χ3v) is 4.29. The molecular formula is C17H27N3. The van der Waals surface area contributed by atoms with Crippen LogP contribution in [0, 0.1) is 11.8 Å². The van der Waals surface area contributed by atoms with Gasteiger partial charge >= 0.3 is 0 Å². The zero-order valence-corrected chi connectivity index (χ0v) is 13.4. The van der Waals surface area contributed by atoms with Gasteiger partial charge in [0.15, 0.2) is 0 Å². The Morgan fingerprint density at radius 2 is 1.90 bits per heavy atom. The van der Waals surface area contributed by atoms with Crippen LogP contribution in [0.25, 0.3) is 10.9 Å². The lowest BCUT2D eigenvalue weighted by Crippen LogP contribution is -2.37. The first-order valence-corrected chi connectivity index (χ1v) is 7.68. The van der Waals surface area contributed by atoms with Crippen LogP contribution in [-0.4, -0.2) is 22.4 Å². The quantitative estimate of drug-likeness (QED) is 0.874. The monoisotopic (exact) mass is 273 g/mol. The molecule has 2 rings (SSSR count). The summed E-state index contributed by atoms with van der Waals surface area (Å²) in [6.07, 6.45) is 1.03. The van der Waals surface area contributed by atoms with Crippen LogP contribution in [0.3, 0.4) is 0 Å². The third kappa shape index (κ3) is 3.04. The van der Waals surface area contributed by atoms with E-state index >= 15 is 0 Å². The van der Waals surface area contributed by atoms with Crippen LogP contribution < -0.4 is 5.32 Å². The fourth-order valence-corrected chi connectivity index (χ4v) is 3.13. The molecule has 2 aromatic rings. The molecule has 20 heavy (non-hydrogen) atoms. The first kappa shape index (κ1) is 15.0. The van der Waals surface area contributed by atoms with Gasteiger partial charge in [-0.15, -0.1) is 0 Å².